The molecule has 0 bridgehead atoms. The standard InChI is InChI=1S/C36H44O7/c1-3-5-6-7-14-22-30-31(25-24-29(37)21-15-16-23-34(38)41-4-2)33(43-36(40)28-19-12-9-13-20-28)26-32(30)42-35(39)27-17-10-8-11-18-27/h7-14,17-20,24-25,30-33H,3-6,15-16,21-23,26H2,1-2H3/b14-7-,25-24+/t30-,31-,32+,33-/m1/s1. The van der Waals surface area contributed by atoms with E-state index in [4.69, 9.17) is 14.2 Å². The third-order valence-corrected chi connectivity index (χ3v) is 7.56. The first-order valence-electron chi connectivity index (χ1n) is 15.5. The lowest BCUT2D eigenvalue weighted by atomic mass is 9.89. The van der Waals surface area contributed by atoms with Crippen LogP contribution in [0.5, 0.6) is 0 Å². The molecular weight excluding hydrogens is 544 g/mol. The van der Waals surface area contributed by atoms with Crippen molar-refractivity contribution in [2.24, 2.45) is 11.8 Å². The maximum Gasteiger partial charge on any atom is 0.338 e. The fraction of sp³-hybridized carbons (Fsp3) is 0.444. The summed E-state index contributed by atoms with van der Waals surface area (Å²) < 4.78 is 17.0. The molecule has 0 radical (unpaired) electrons. The van der Waals surface area contributed by atoms with E-state index in [2.05, 4.69) is 19.1 Å². The highest BCUT2D eigenvalue weighted by molar-refractivity contribution is 5.91. The van der Waals surface area contributed by atoms with Crippen molar-refractivity contribution in [2.75, 3.05) is 6.61 Å². The van der Waals surface area contributed by atoms with Crippen molar-refractivity contribution in [3.63, 3.8) is 0 Å². The SMILES string of the molecule is CCCC/C=C\C[C@@H]1[C@@H](/C=C/C(=O)CCCCC(=O)OCC)[C@H](OC(=O)c2ccccc2)C[C@@H]1OC(=O)c1ccccc1. The van der Waals surface area contributed by atoms with Gasteiger partial charge in [0.1, 0.15) is 12.2 Å². The fourth-order valence-corrected chi connectivity index (χ4v) is 5.28. The zero-order chi connectivity index (χ0) is 30.9. The number of hydrogen-bond donors (Lipinski definition) is 0. The van der Waals surface area contributed by atoms with Gasteiger partial charge in [0.25, 0.3) is 0 Å². The van der Waals surface area contributed by atoms with E-state index in [9.17, 15) is 19.2 Å². The van der Waals surface area contributed by atoms with Gasteiger partial charge >= 0.3 is 17.9 Å². The lowest BCUT2D eigenvalue weighted by Gasteiger charge is -2.23. The molecule has 0 heterocycles. The summed E-state index contributed by atoms with van der Waals surface area (Å²) in [6.07, 6.45) is 12.3. The number of benzene rings is 2. The predicted molar refractivity (Wildman–Crippen MR) is 165 cm³/mol. The summed E-state index contributed by atoms with van der Waals surface area (Å²) in [5.41, 5.74) is 0.887. The average molecular weight is 589 g/mol. The molecule has 0 aliphatic heterocycles. The molecule has 0 N–H and O–H groups in total. The zero-order valence-corrected chi connectivity index (χ0v) is 25.3. The van der Waals surface area contributed by atoms with E-state index in [-0.39, 0.29) is 30.0 Å². The van der Waals surface area contributed by atoms with Gasteiger partial charge in [-0.15, -0.1) is 0 Å². The van der Waals surface area contributed by atoms with Gasteiger partial charge in [0.2, 0.25) is 0 Å². The van der Waals surface area contributed by atoms with Crippen LogP contribution in [-0.2, 0) is 23.8 Å². The van der Waals surface area contributed by atoms with E-state index >= 15 is 0 Å². The summed E-state index contributed by atoms with van der Waals surface area (Å²) in [5, 5.41) is 0. The van der Waals surface area contributed by atoms with E-state index in [0.29, 0.717) is 49.8 Å². The summed E-state index contributed by atoms with van der Waals surface area (Å²) in [4.78, 5) is 50.5. The molecule has 1 fully saturated rings. The Labute approximate surface area is 255 Å². The van der Waals surface area contributed by atoms with Gasteiger partial charge in [-0.25, -0.2) is 9.59 Å². The highest BCUT2D eigenvalue weighted by Gasteiger charge is 2.45. The third kappa shape index (κ3) is 11.3. The van der Waals surface area contributed by atoms with Crippen molar-refractivity contribution in [3.05, 3.63) is 96.1 Å². The lowest BCUT2D eigenvalue weighted by Crippen LogP contribution is -2.26. The minimum absolute atomic E-state index is 0.0704. The van der Waals surface area contributed by atoms with Crippen molar-refractivity contribution >= 4 is 23.7 Å². The Bertz CT molecular complexity index is 1220. The summed E-state index contributed by atoms with van der Waals surface area (Å²) in [7, 11) is 0. The zero-order valence-electron chi connectivity index (χ0n) is 25.3. The van der Waals surface area contributed by atoms with Gasteiger partial charge in [-0.2, -0.15) is 0 Å². The Balaban J connectivity index is 1.79. The van der Waals surface area contributed by atoms with Gasteiger partial charge in [0, 0.05) is 31.1 Å². The molecule has 0 saturated heterocycles. The molecule has 7 heteroatoms. The largest absolute Gasteiger partial charge is 0.466 e. The highest BCUT2D eigenvalue weighted by atomic mass is 16.6. The van der Waals surface area contributed by atoms with Gasteiger partial charge in [-0.3, -0.25) is 9.59 Å². The number of esters is 3. The van der Waals surface area contributed by atoms with Crippen LogP contribution in [0.1, 0.15) is 92.4 Å². The quantitative estimate of drug-likeness (QED) is 0.0622. The molecular formula is C36H44O7. The maximum atomic E-state index is 13.1. The number of rotatable bonds is 17. The Kier molecular flexibility index (Phi) is 14.4. The number of hydrogen-bond acceptors (Lipinski definition) is 7. The Morgan fingerprint density at radius 3 is 1.98 bits per heavy atom. The monoisotopic (exact) mass is 588 g/mol. The van der Waals surface area contributed by atoms with Crippen LogP contribution in [0.4, 0.5) is 0 Å². The highest BCUT2D eigenvalue weighted by Crippen LogP contribution is 2.40. The van der Waals surface area contributed by atoms with E-state index < -0.39 is 24.1 Å². The number of carbonyl (C=O) groups excluding carboxylic acids is 4. The fourth-order valence-electron chi connectivity index (χ4n) is 5.28. The molecule has 2 aromatic rings. The molecule has 1 saturated carbocycles. The number of ketones is 1. The summed E-state index contributed by atoms with van der Waals surface area (Å²) in [6, 6.07) is 17.6. The van der Waals surface area contributed by atoms with Crippen molar-refractivity contribution in [1.82, 2.24) is 0 Å². The van der Waals surface area contributed by atoms with E-state index in [1.165, 1.54) is 0 Å². The number of unbranched alkanes of at least 4 members (excludes halogenated alkanes) is 3. The third-order valence-electron chi connectivity index (χ3n) is 7.56. The molecule has 3 rings (SSSR count). The van der Waals surface area contributed by atoms with Crippen molar-refractivity contribution in [2.45, 2.75) is 83.8 Å². The van der Waals surface area contributed by atoms with Crippen LogP contribution in [0.15, 0.2) is 85.0 Å². The summed E-state index contributed by atoms with van der Waals surface area (Å²) >= 11 is 0. The van der Waals surface area contributed by atoms with Crippen LogP contribution in [0.25, 0.3) is 0 Å². The molecule has 7 nitrogen and oxygen atoms in total. The second kappa shape index (κ2) is 18.5. The molecule has 43 heavy (non-hydrogen) atoms. The first kappa shape index (κ1) is 33.5. The van der Waals surface area contributed by atoms with Gasteiger partial charge < -0.3 is 14.2 Å². The Morgan fingerprint density at radius 1 is 0.767 bits per heavy atom. The molecule has 0 unspecified atom stereocenters. The summed E-state index contributed by atoms with van der Waals surface area (Å²) in [6.45, 7) is 4.25. The van der Waals surface area contributed by atoms with E-state index in [1.54, 1.807) is 61.5 Å². The first-order chi connectivity index (χ1) is 20.9. The molecule has 1 aliphatic carbocycles. The Hall–Kier alpha value is -4.00. The van der Waals surface area contributed by atoms with E-state index in [0.717, 1.165) is 19.3 Å². The van der Waals surface area contributed by atoms with Crippen molar-refractivity contribution in [1.29, 1.82) is 0 Å². The van der Waals surface area contributed by atoms with Gasteiger partial charge in [0.05, 0.1) is 17.7 Å². The molecule has 4 atom stereocenters. The summed E-state index contributed by atoms with van der Waals surface area (Å²) in [5.74, 6) is -1.74. The van der Waals surface area contributed by atoms with Gasteiger partial charge in [-0.1, -0.05) is 74.4 Å². The van der Waals surface area contributed by atoms with Crippen LogP contribution < -0.4 is 0 Å². The van der Waals surface area contributed by atoms with Crippen LogP contribution in [-0.4, -0.2) is 42.5 Å². The predicted octanol–water partition coefficient (Wildman–Crippen LogP) is 7.46. The molecule has 230 valence electrons. The molecule has 0 aromatic heterocycles. The smallest absolute Gasteiger partial charge is 0.338 e. The molecule has 2 aromatic carbocycles. The lowest BCUT2D eigenvalue weighted by molar-refractivity contribution is -0.143. The number of carbonyl (C=O) groups is 4. The maximum absolute atomic E-state index is 13.1. The first-order valence-corrected chi connectivity index (χ1v) is 15.5. The molecule has 1 aliphatic rings. The molecule has 0 amide bonds. The average Bonchev–Trinajstić information content (AvgIpc) is 3.33. The number of ether oxygens (including phenoxy) is 3. The van der Waals surface area contributed by atoms with Crippen LogP contribution in [0.2, 0.25) is 0 Å². The second-order valence-electron chi connectivity index (χ2n) is 10.8. The van der Waals surface area contributed by atoms with Crippen LogP contribution in [0, 0.1) is 11.8 Å². The van der Waals surface area contributed by atoms with Gasteiger partial charge in [0.15, 0.2) is 5.78 Å². The minimum Gasteiger partial charge on any atom is -0.466 e. The molecule has 0 spiro atoms. The van der Waals surface area contributed by atoms with Crippen LogP contribution >= 0.6 is 0 Å². The van der Waals surface area contributed by atoms with E-state index in [1.807, 2.05) is 18.2 Å². The topological polar surface area (TPSA) is 96.0 Å². The second-order valence-corrected chi connectivity index (χ2v) is 10.8. The normalized spacial score (nSPS) is 19.9. The van der Waals surface area contributed by atoms with Gasteiger partial charge in [-0.05, 0) is 62.9 Å². The van der Waals surface area contributed by atoms with Crippen LogP contribution in [0.3, 0.4) is 0 Å². The Morgan fingerprint density at radius 2 is 1.37 bits per heavy atom. The number of allylic oxidation sites excluding steroid dienone is 3. The van der Waals surface area contributed by atoms with Crippen molar-refractivity contribution in [3.8, 4) is 0 Å². The minimum atomic E-state index is -0.580. The van der Waals surface area contributed by atoms with Crippen molar-refractivity contribution < 1.29 is 33.4 Å².